The van der Waals surface area contributed by atoms with E-state index < -0.39 is 11.9 Å². The van der Waals surface area contributed by atoms with Crippen molar-refractivity contribution in [2.75, 3.05) is 27.2 Å². The number of hydrogen-bond acceptors (Lipinski definition) is 3. The van der Waals surface area contributed by atoms with Crippen LogP contribution in [0.5, 0.6) is 0 Å². The number of carbonyl (C=O) groups excluding carboxylic acids is 1. The predicted octanol–water partition coefficient (Wildman–Crippen LogP) is -0.225. The Kier molecular flexibility index (Phi) is 4.08. The van der Waals surface area contributed by atoms with E-state index in [1.807, 2.05) is 7.05 Å². The van der Waals surface area contributed by atoms with Crippen LogP contribution in [0, 0.1) is 11.8 Å². The fourth-order valence-corrected chi connectivity index (χ4v) is 1.63. The maximum absolute atomic E-state index is 11.7. The lowest BCUT2D eigenvalue weighted by Crippen LogP contribution is -2.31. The second kappa shape index (κ2) is 5.11. The van der Waals surface area contributed by atoms with Crippen LogP contribution in [0.2, 0.25) is 0 Å². The number of hydrogen-bond donors (Lipinski definition) is 2. The minimum Gasteiger partial charge on any atom is -0.481 e. The summed E-state index contributed by atoms with van der Waals surface area (Å²) in [6, 6.07) is 0. The van der Waals surface area contributed by atoms with Crippen LogP contribution in [0.3, 0.4) is 0 Å². The normalized spacial score (nSPS) is 23.6. The van der Waals surface area contributed by atoms with Crippen molar-refractivity contribution < 1.29 is 14.7 Å². The summed E-state index contributed by atoms with van der Waals surface area (Å²) in [5.74, 6) is -1.60. The van der Waals surface area contributed by atoms with Crippen LogP contribution in [0.25, 0.3) is 0 Å². The summed E-state index contributed by atoms with van der Waals surface area (Å²) in [6.07, 6.45) is 1.40. The Bertz CT molecular complexity index is 255. The van der Waals surface area contributed by atoms with Crippen molar-refractivity contribution in [3.63, 3.8) is 0 Å². The highest BCUT2D eigenvalue weighted by Crippen LogP contribution is 2.39. The van der Waals surface area contributed by atoms with Crippen molar-refractivity contribution in [1.82, 2.24) is 10.2 Å². The van der Waals surface area contributed by atoms with Gasteiger partial charge in [-0.3, -0.25) is 9.59 Å². The second-order valence-corrected chi connectivity index (χ2v) is 4.00. The third kappa shape index (κ3) is 3.20. The van der Waals surface area contributed by atoms with E-state index in [0.29, 0.717) is 13.0 Å². The lowest BCUT2D eigenvalue weighted by molar-refractivity contribution is -0.141. The maximum atomic E-state index is 11.7. The Morgan fingerprint density at radius 2 is 2.13 bits per heavy atom. The lowest BCUT2D eigenvalue weighted by Gasteiger charge is -2.16. The van der Waals surface area contributed by atoms with Gasteiger partial charge < -0.3 is 15.3 Å². The van der Waals surface area contributed by atoms with Crippen molar-refractivity contribution in [3.05, 3.63) is 0 Å². The molecule has 0 spiro atoms. The highest BCUT2D eigenvalue weighted by atomic mass is 16.4. The van der Waals surface area contributed by atoms with Gasteiger partial charge in [0.1, 0.15) is 0 Å². The molecule has 0 unspecified atom stereocenters. The molecule has 0 aliphatic heterocycles. The minimum atomic E-state index is -0.850. The Morgan fingerprint density at radius 1 is 1.47 bits per heavy atom. The van der Waals surface area contributed by atoms with Crippen LogP contribution in [0.1, 0.15) is 12.8 Å². The molecule has 86 valence electrons. The smallest absolute Gasteiger partial charge is 0.307 e. The number of aliphatic carboxylic acids is 1. The van der Waals surface area contributed by atoms with E-state index >= 15 is 0 Å². The quantitative estimate of drug-likeness (QED) is 0.599. The zero-order chi connectivity index (χ0) is 11.4. The fourth-order valence-electron chi connectivity index (χ4n) is 1.63. The SMILES string of the molecule is CNCCCN(C)C(=O)[C@@H]1C[C@@H]1C(=O)O. The molecule has 0 aromatic rings. The highest BCUT2D eigenvalue weighted by molar-refractivity contribution is 5.89. The van der Waals surface area contributed by atoms with E-state index in [1.165, 1.54) is 0 Å². The number of nitrogens with one attached hydrogen (secondary N) is 1. The molecule has 2 N–H and O–H groups in total. The minimum absolute atomic E-state index is 0.0292. The first kappa shape index (κ1) is 12.0. The molecule has 15 heavy (non-hydrogen) atoms. The van der Waals surface area contributed by atoms with Gasteiger partial charge >= 0.3 is 5.97 Å². The standard InChI is InChI=1S/C10H18N2O3/c1-11-4-3-5-12(2)9(13)7-6-8(7)10(14)15/h7-8,11H,3-6H2,1-2H3,(H,14,15)/t7-,8+/m1/s1. The van der Waals surface area contributed by atoms with Gasteiger partial charge in [0.15, 0.2) is 0 Å². The van der Waals surface area contributed by atoms with Crippen LogP contribution in [-0.4, -0.2) is 49.1 Å². The molecule has 0 aromatic heterocycles. The summed E-state index contributed by atoms with van der Waals surface area (Å²) < 4.78 is 0. The zero-order valence-electron chi connectivity index (χ0n) is 9.19. The molecule has 0 bridgehead atoms. The largest absolute Gasteiger partial charge is 0.481 e. The van der Waals surface area contributed by atoms with Gasteiger partial charge in [0, 0.05) is 13.6 Å². The van der Waals surface area contributed by atoms with Crippen molar-refractivity contribution in [2.45, 2.75) is 12.8 Å². The average molecular weight is 214 g/mol. The van der Waals surface area contributed by atoms with Gasteiger partial charge in [0.2, 0.25) is 5.91 Å². The van der Waals surface area contributed by atoms with E-state index in [-0.39, 0.29) is 11.8 Å². The third-order valence-corrected chi connectivity index (χ3v) is 2.72. The van der Waals surface area contributed by atoms with E-state index in [9.17, 15) is 9.59 Å². The first-order valence-electron chi connectivity index (χ1n) is 5.20. The second-order valence-electron chi connectivity index (χ2n) is 4.00. The number of carboxylic acid groups (broad SMARTS) is 1. The Labute approximate surface area is 89.4 Å². The summed E-state index contributed by atoms with van der Waals surface area (Å²) in [5, 5.41) is 11.7. The van der Waals surface area contributed by atoms with Gasteiger partial charge in [-0.25, -0.2) is 0 Å². The van der Waals surface area contributed by atoms with Crippen molar-refractivity contribution >= 4 is 11.9 Å². The van der Waals surface area contributed by atoms with Gasteiger partial charge in [0.25, 0.3) is 0 Å². The maximum Gasteiger partial charge on any atom is 0.307 e. The molecule has 0 heterocycles. The molecule has 2 atom stereocenters. The van der Waals surface area contributed by atoms with Crippen LogP contribution in [0.4, 0.5) is 0 Å². The van der Waals surface area contributed by atoms with Gasteiger partial charge in [0.05, 0.1) is 11.8 Å². The van der Waals surface area contributed by atoms with E-state index in [2.05, 4.69) is 5.32 Å². The number of rotatable bonds is 6. The Hall–Kier alpha value is -1.10. The lowest BCUT2D eigenvalue weighted by atomic mass is 10.2. The summed E-state index contributed by atoms with van der Waals surface area (Å²) >= 11 is 0. The summed E-state index contributed by atoms with van der Waals surface area (Å²) in [4.78, 5) is 23.9. The number of nitrogens with zero attached hydrogens (tertiary/aromatic N) is 1. The molecule has 1 aliphatic carbocycles. The molecule has 1 rings (SSSR count). The summed E-state index contributed by atoms with van der Waals surface area (Å²) in [7, 11) is 3.60. The van der Waals surface area contributed by atoms with Crippen LogP contribution < -0.4 is 5.32 Å². The first-order valence-corrected chi connectivity index (χ1v) is 5.20. The summed E-state index contributed by atoms with van der Waals surface area (Å²) in [5.41, 5.74) is 0. The van der Waals surface area contributed by atoms with Gasteiger partial charge in [-0.2, -0.15) is 0 Å². The molecule has 5 heteroatoms. The molecule has 1 amide bonds. The van der Waals surface area contributed by atoms with E-state index in [1.54, 1.807) is 11.9 Å². The van der Waals surface area contributed by atoms with E-state index in [4.69, 9.17) is 5.11 Å². The molecule has 1 aliphatic rings. The average Bonchev–Trinajstić information content (AvgIpc) is 2.96. The number of carboxylic acids is 1. The van der Waals surface area contributed by atoms with Gasteiger partial charge in [-0.15, -0.1) is 0 Å². The number of carbonyl (C=O) groups is 2. The molecule has 1 saturated carbocycles. The highest BCUT2D eigenvalue weighted by Gasteiger charge is 2.49. The molecule has 0 saturated heterocycles. The molecule has 0 radical (unpaired) electrons. The molecule has 1 fully saturated rings. The van der Waals surface area contributed by atoms with Crippen LogP contribution >= 0.6 is 0 Å². The Balaban J connectivity index is 2.26. The molecular weight excluding hydrogens is 196 g/mol. The van der Waals surface area contributed by atoms with Gasteiger partial charge in [-0.05, 0) is 26.4 Å². The van der Waals surface area contributed by atoms with Crippen molar-refractivity contribution in [3.8, 4) is 0 Å². The molecule has 0 aromatic carbocycles. The molecular formula is C10H18N2O3. The van der Waals surface area contributed by atoms with Crippen LogP contribution in [-0.2, 0) is 9.59 Å². The predicted molar refractivity (Wildman–Crippen MR) is 55.4 cm³/mol. The zero-order valence-corrected chi connectivity index (χ0v) is 9.19. The van der Waals surface area contributed by atoms with Crippen LogP contribution in [0.15, 0.2) is 0 Å². The van der Waals surface area contributed by atoms with Gasteiger partial charge in [-0.1, -0.05) is 0 Å². The van der Waals surface area contributed by atoms with Crippen molar-refractivity contribution in [2.24, 2.45) is 11.8 Å². The first-order chi connectivity index (χ1) is 7.07. The topological polar surface area (TPSA) is 69.6 Å². The Morgan fingerprint density at radius 3 is 2.60 bits per heavy atom. The van der Waals surface area contributed by atoms with Crippen molar-refractivity contribution in [1.29, 1.82) is 0 Å². The fraction of sp³-hybridized carbons (Fsp3) is 0.800. The molecule has 5 nitrogen and oxygen atoms in total. The van der Waals surface area contributed by atoms with E-state index in [0.717, 1.165) is 13.0 Å². The summed E-state index contributed by atoms with van der Waals surface area (Å²) in [6.45, 7) is 1.55. The number of amides is 1. The monoisotopic (exact) mass is 214 g/mol. The third-order valence-electron chi connectivity index (χ3n) is 2.72.